The Kier molecular flexibility index (Phi) is 3.47. The predicted octanol–water partition coefficient (Wildman–Crippen LogP) is 1.97. The number of nitrogens with one attached hydrogen (secondary N) is 1. The first kappa shape index (κ1) is 12.1. The normalized spacial score (nSPS) is 19.6. The van der Waals surface area contributed by atoms with Crippen LogP contribution in [0.1, 0.15) is 18.4 Å². The molecular formula is C12H15F2NO2. The molecule has 5 heteroatoms. The lowest BCUT2D eigenvalue weighted by molar-refractivity contribution is 0.347. The molecule has 1 aliphatic heterocycles. The fraction of sp³-hybridized carbons (Fsp3) is 0.500. The highest BCUT2D eigenvalue weighted by Gasteiger charge is 2.22. The molecule has 1 fully saturated rings. The summed E-state index contributed by atoms with van der Waals surface area (Å²) >= 11 is 0. The number of halogens is 2. The van der Waals surface area contributed by atoms with Gasteiger partial charge in [-0.2, -0.15) is 4.39 Å². The van der Waals surface area contributed by atoms with Crippen molar-refractivity contribution in [3.63, 3.8) is 0 Å². The summed E-state index contributed by atoms with van der Waals surface area (Å²) in [4.78, 5) is 0. The molecule has 0 bridgehead atoms. The van der Waals surface area contributed by atoms with E-state index in [4.69, 9.17) is 4.74 Å². The molecule has 0 amide bonds. The fourth-order valence-electron chi connectivity index (χ4n) is 2.14. The van der Waals surface area contributed by atoms with E-state index in [-0.39, 0.29) is 17.4 Å². The molecule has 1 atom stereocenters. The van der Waals surface area contributed by atoms with Crippen molar-refractivity contribution in [3.05, 3.63) is 23.3 Å². The molecule has 0 spiro atoms. The first-order chi connectivity index (χ1) is 8.13. The number of phenolic OH excluding ortho intramolecular Hbond substituents is 1. The zero-order chi connectivity index (χ0) is 12.4. The van der Waals surface area contributed by atoms with E-state index in [9.17, 15) is 13.9 Å². The van der Waals surface area contributed by atoms with Gasteiger partial charge in [0.1, 0.15) is 0 Å². The number of rotatable bonds is 3. The average molecular weight is 243 g/mol. The lowest BCUT2D eigenvalue weighted by Gasteiger charge is -2.13. The van der Waals surface area contributed by atoms with Crippen LogP contribution in [0.2, 0.25) is 0 Å². The number of hydrogen-bond acceptors (Lipinski definition) is 3. The van der Waals surface area contributed by atoms with Gasteiger partial charge in [0.15, 0.2) is 17.3 Å². The smallest absolute Gasteiger partial charge is 0.209 e. The Balaban J connectivity index is 2.29. The minimum absolute atomic E-state index is 0.128. The highest BCUT2D eigenvalue weighted by molar-refractivity contribution is 5.41. The minimum atomic E-state index is -1.05. The van der Waals surface area contributed by atoms with Gasteiger partial charge in [0.05, 0.1) is 7.11 Å². The van der Waals surface area contributed by atoms with Gasteiger partial charge in [0.2, 0.25) is 5.82 Å². The summed E-state index contributed by atoms with van der Waals surface area (Å²) in [6.07, 6.45) is 2.44. The summed E-state index contributed by atoms with van der Waals surface area (Å²) < 4.78 is 31.7. The van der Waals surface area contributed by atoms with Gasteiger partial charge >= 0.3 is 0 Å². The van der Waals surface area contributed by atoms with E-state index in [1.54, 1.807) is 0 Å². The van der Waals surface area contributed by atoms with Crippen molar-refractivity contribution in [1.29, 1.82) is 0 Å². The number of ether oxygens (including phenoxy) is 1. The average Bonchev–Trinajstić information content (AvgIpc) is 2.83. The molecule has 1 aromatic rings. The van der Waals surface area contributed by atoms with Crippen LogP contribution in [-0.4, -0.2) is 24.8 Å². The van der Waals surface area contributed by atoms with Crippen LogP contribution in [-0.2, 0) is 6.42 Å². The lowest BCUT2D eigenvalue weighted by atomic mass is 10.0. The third-order valence-electron chi connectivity index (χ3n) is 3.07. The van der Waals surface area contributed by atoms with Gasteiger partial charge in [-0.15, -0.1) is 0 Å². The highest BCUT2D eigenvalue weighted by Crippen LogP contribution is 2.32. The van der Waals surface area contributed by atoms with E-state index in [1.807, 2.05) is 0 Å². The van der Waals surface area contributed by atoms with E-state index >= 15 is 0 Å². The molecule has 0 saturated carbocycles. The first-order valence-electron chi connectivity index (χ1n) is 5.60. The standard InChI is InChI=1S/C12H15F2NO2/c1-17-9-6-7(5-8-3-2-4-15-8)10(13)12(16)11(9)14/h6,8,15-16H,2-5H2,1H3. The highest BCUT2D eigenvalue weighted by atomic mass is 19.1. The SMILES string of the molecule is COc1cc(CC2CCCN2)c(F)c(O)c1F. The molecule has 1 unspecified atom stereocenters. The van der Waals surface area contributed by atoms with Crippen LogP contribution in [0.4, 0.5) is 8.78 Å². The molecular weight excluding hydrogens is 228 g/mol. The molecule has 17 heavy (non-hydrogen) atoms. The molecule has 94 valence electrons. The summed E-state index contributed by atoms with van der Waals surface area (Å²) in [7, 11) is 1.29. The third-order valence-corrected chi connectivity index (χ3v) is 3.07. The van der Waals surface area contributed by atoms with Crippen molar-refractivity contribution in [1.82, 2.24) is 5.32 Å². The Morgan fingerprint density at radius 1 is 1.47 bits per heavy atom. The predicted molar refractivity (Wildman–Crippen MR) is 59.3 cm³/mol. The second-order valence-corrected chi connectivity index (χ2v) is 4.21. The Bertz CT molecular complexity index is 417. The van der Waals surface area contributed by atoms with Crippen molar-refractivity contribution in [2.75, 3.05) is 13.7 Å². The van der Waals surface area contributed by atoms with Crippen molar-refractivity contribution < 1.29 is 18.6 Å². The second-order valence-electron chi connectivity index (χ2n) is 4.21. The van der Waals surface area contributed by atoms with E-state index in [0.29, 0.717) is 6.42 Å². The van der Waals surface area contributed by atoms with Gasteiger partial charge in [-0.1, -0.05) is 0 Å². The maximum atomic E-state index is 13.7. The number of methoxy groups -OCH3 is 1. The summed E-state index contributed by atoms with van der Waals surface area (Å²) in [5, 5.41) is 12.5. The molecule has 0 radical (unpaired) electrons. The molecule has 0 aromatic heterocycles. The maximum Gasteiger partial charge on any atom is 0.209 e. The molecule has 3 nitrogen and oxygen atoms in total. The van der Waals surface area contributed by atoms with Crippen molar-refractivity contribution in [3.8, 4) is 11.5 Å². The van der Waals surface area contributed by atoms with Gasteiger partial charge < -0.3 is 15.2 Å². The van der Waals surface area contributed by atoms with Crippen molar-refractivity contribution in [2.24, 2.45) is 0 Å². The number of phenols is 1. The van der Waals surface area contributed by atoms with Gasteiger partial charge in [-0.3, -0.25) is 0 Å². The zero-order valence-corrected chi connectivity index (χ0v) is 9.59. The molecule has 1 saturated heterocycles. The number of hydrogen-bond donors (Lipinski definition) is 2. The van der Waals surface area contributed by atoms with E-state index in [2.05, 4.69) is 5.32 Å². The van der Waals surface area contributed by atoms with E-state index in [1.165, 1.54) is 13.2 Å². The Morgan fingerprint density at radius 2 is 2.24 bits per heavy atom. The quantitative estimate of drug-likeness (QED) is 0.852. The molecule has 2 rings (SSSR count). The second kappa shape index (κ2) is 4.87. The minimum Gasteiger partial charge on any atom is -0.503 e. The molecule has 1 heterocycles. The molecule has 1 aliphatic rings. The Labute approximate surface area is 98.4 Å². The fourth-order valence-corrected chi connectivity index (χ4v) is 2.14. The van der Waals surface area contributed by atoms with Gasteiger partial charge in [0.25, 0.3) is 0 Å². The first-order valence-corrected chi connectivity index (χ1v) is 5.60. The van der Waals surface area contributed by atoms with Gasteiger partial charge in [0, 0.05) is 6.04 Å². The lowest BCUT2D eigenvalue weighted by Crippen LogP contribution is -2.24. The summed E-state index contributed by atoms with van der Waals surface area (Å²) in [6.45, 7) is 0.913. The summed E-state index contributed by atoms with van der Waals surface area (Å²) in [6, 6.07) is 1.49. The topological polar surface area (TPSA) is 41.5 Å². The zero-order valence-electron chi connectivity index (χ0n) is 9.59. The van der Waals surface area contributed by atoms with Crippen LogP contribution < -0.4 is 10.1 Å². The van der Waals surface area contributed by atoms with Gasteiger partial charge in [-0.25, -0.2) is 4.39 Å². The molecule has 2 N–H and O–H groups in total. The van der Waals surface area contributed by atoms with Crippen LogP contribution in [0.15, 0.2) is 6.07 Å². The van der Waals surface area contributed by atoms with E-state index in [0.717, 1.165) is 19.4 Å². The van der Waals surface area contributed by atoms with Crippen LogP contribution in [0.5, 0.6) is 11.5 Å². The third kappa shape index (κ3) is 2.34. The number of aromatic hydroxyl groups is 1. The Hall–Kier alpha value is -1.36. The monoisotopic (exact) mass is 243 g/mol. The van der Waals surface area contributed by atoms with Crippen LogP contribution in [0, 0.1) is 11.6 Å². The maximum absolute atomic E-state index is 13.7. The Morgan fingerprint density at radius 3 is 2.82 bits per heavy atom. The summed E-state index contributed by atoms with van der Waals surface area (Å²) in [5.41, 5.74) is 0.278. The van der Waals surface area contributed by atoms with Gasteiger partial charge in [-0.05, 0) is 37.4 Å². The largest absolute Gasteiger partial charge is 0.503 e. The van der Waals surface area contributed by atoms with Crippen LogP contribution in [0.3, 0.4) is 0 Å². The van der Waals surface area contributed by atoms with E-state index < -0.39 is 17.4 Å². The summed E-state index contributed by atoms with van der Waals surface area (Å²) in [5.74, 6) is -3.03. The molecule has 1 aromatic carbocycles. The van der Waals surface area contributed by atoms with Crippen LogP contribution >= 0.6 is 0 Å². The number of benzene rings is 1. The van der Waals surface area contributed by atoms with Crippen LogP contribution in [0.25, 0.3) is 0 Å². The van der Waals surface area contributed by atoms with Crippen molar-refractivity contribution >= 4 is 0 Å². The molecule has 0 aliphatic carbocycles. The van der Waals surface area contributed by atoms with Crippen molar-refractivity contribution in [2.45, 2.75) is 25.3 Å².